The average molecular weight is 283 g/mol. The lowest BCUT2D eigenvalue weighted by molar-refractivity contribution is -0.163. The second kappa shape index (κ2) is 7.02. The molecule has 0 aliphatic rings. The first-order chi connectivity index (χ1) is 9.42. The SMILES string of the molecule is CCOC(=O)C(CC(C)(C)n1cncn1)C(=O)OCC. The van der Waals surface area contributed by atoms with Gasteiger partial charge in [-0.05, 0) is 34.1 Å². The molecule has 1 aromatic rings. The number of aromatic nitrogens is 3. The van der Waals surface area contributed by atoms with E-state index in [0.717, 1.165) is 0 Å². The largest absolute Gasteiger partial charge is 0.465 e. The third-order valence-corrected chi connectivity index (χ3v) is 2.88. The van der Waals surface area contributed by atoms with Crippen LogP contribution in [0, 0.1) is 5.92 Å². The van der Waals surface area contributed by atoms with Gasteiger partial charge in [-0.25, -0.2) is 9.67 Å². The van der Waals surface area contributed by atoms with Crippen molar-refractivity contribution in [3.8, 4) is 0 Å². The second-order valence-electron chi connectivity index (χ2n) is 4.91. The summed E-state index contributed by atoms with van der Waals surface area (Å²) in [6, 6.07) is 0. The van der Waals surface area contributed by atoms with E-state index in [2.05, 4.69) is 10.1 Å². The summed E-state index contributed by atoms with van der Waals surface area (Å²) in [6.45, 7) is 7.57. The molecule has 7 heteroatoms. The molecule has 7 nitrogen and oxygen atoms in total. The van der Waals surface area contributed by atoms with Crippen molar-refractivity contribution in [2.24, 2.45) is 5.92 Å². The molecular formula is C13H21N3O4. The first-order valence-corrected chi connectivity index (χ1v) is 6.60. The van der Waals surface area contributed by atoms with Crippen molar-refractivity contribution in [3.63, 3.8) is 0 Å². The number of carbonyl (C=O) groups excluding carboxylic acids is 2. The van der Waals surface area contributed by atoms with E-state index in [1.807, 2.05) is 13.8 Å². The first-order valence-electron chi connectivity index (χ1n) is 6.60. The van der Waals surface area contributed by atoms with Crippen molar-refractivity contribution in [1.82, 2.24) is 14.8 Å². The molecule has 0 atom stereocenters. The summed E-state index contributed by atoms with van der Waals surface area (Å²) in [6.07, 6.45) is 3.19. The number of nitrogens with zero attached hydrogens (tertiary/aromatic N) is 3. The minimum Gasteiger partial charge on any atom is -0.465 e. The van der Waals surface area contributed by atoms with Gasteiger partial charge < -0.3 is 9.47 Å². The fourth-order valence-electron chi connectivity index (χ4n) is 1.86. The fourth-order valence-corrected chi connectivity index (χ4v) is 1.86. The van der Waals surface area contributed by atoms with E-state index in [1.165, 1.54) is 6.33 Å². The molecule has 0 bridgehead atoms. The van der Waals surface area contributed by atoms with Gasteiger partial charge in [0.2, 0.25) is 0 Å². The normalized spacial score (nSPS) is 11.4. The van der Waals surface area contributed by atoms with Gasteiger partial charge >= 0.3 is 11.9 Å². The fraction of sp³-hybridized carbons (Fsp3) is 0.692. The lowest BCUT2D eigenvalue weighted by Crippen LogP contribution is -2.37. The zero-order chi connectivity index (χ0) is 15.2. The molecule has 0 spiro atoms. The molecule has 0 aliphatic carbocycles. The third kappa shape index (κ3) is 4.04. The summed E-state index contributed by atoms with van der Waals surface area (Å²) >= 11 is 0. The van der Waals surface area contributed by atoms with E-state index < -0.39 is 23.4 Å². The summed E-state index contributed by atoms with van der Waals surface area (Å²) in [5, 5.41) is 4.05. The van der Waals surface area contributed by atoms with E-state index in [1.54, 1.807) is 24.9 Å². The number of carbonyl (C=O) groups is 2. The van der Waals surface area contributed by atoms with Gasteiger partial charge in [-0.2, -0.15) is 5.10 Å². The molecule has 1 heterocycles. The molecule has 0 saturated carbocycles. The van der Waals surface area contributed by atoms with Crippen LogP contribution in [-0.4, -0.2) is 39.9 Å². The van der Waals surface area contributed by atoms with Gasteiger partial charge in [-0.3, -0.25) is 9.59 Å². The summed E-state index contributed by atoms with van der Waals surface area (Å²) in [5.41, 5.74) is -0.555. The van der Waals surface area contributed by atoms with Crippen molar-refractivity contribution in [2.75, 3.05) is 13.2 Å². The quantitative estimate of drug-likeness (QED) is 0.551. The van der Waals surface area contributed by atoms with Crippen LogP contribution in [0.4, 0.5) is 0 Å². The summed E-state index contributed by atoms with van der Waals surface area (Å²) in [7, 11) is 0. The van der Waals surface area contributed by atoms with Gasteiger partial charge in [0.1, 0.15) is 12.7 Å². The number of esters is 2. The van der Waals surface area contributed by atoms with Gasteiger partial charge in [0.15, 0.2) is 5.92 Å². The second-order valence-corrected chi connectivity index (χ2v) is 4.91. The van der Waals surface area contributed by atoms with E-state index in [-0.39, 0.29) is 19.6 Å². The minimum atomic E-state index is -0.964. The average Bonchev–Trinajstić information content (AvgIpc) is 2.91. The van der Waals surface area contributed by atoms with Gasteiger partial charge in [-0.1, -0.05) is 0 Å². The zero-order valence-electron chi connectivity index (χ0n) is 12.3. The highest BCUT2D eigenvalue weighted by Gasteiger charge is 2.36. The van der Waals surface area contributed by atoms with Gasteiger partial charge in [0.05, 0.1) is 18.8 Å². The monoisotopic (exact) mass is 283 g/mol. The first kappa shape index (κ1) is 16.1. The number of rotatable bonds is 7. The molecule has 1 rings (SSSR count). The Morgan fingerprint density at radius 3 is 2.15 bits per heavy atom. The number of hydrogen-bond donors (Lipinski definition) is 0. The highest BCUT2D eigenvalue weighted by molar-refractivity contribution is 5.95. The van der Waals surface area contributed by atoms with Gasteiger partial charge in [0, 0.05) is 0 Å². The Labute approximate surface area is 118 Å². The Kier molecular flexibility index (Phi) is 5.66. The van der Waals surface area contributed by atoms with E-state index in [4.69, 9.17) is 9.47 Å². The summed E-state index contributed by atoms with van der Waals surface area (Å²) in [5.74, 6) is -2.10. The van der Waals surface area contributed by atoms with Crippen LogP contribution in [0.5, 0.6) is 0 Å². The van der Waals surface area contributed by atoms with E-state index >= 15 is 0 Å². The Bertz CT molecular complexity index is 424. The van der Waals surface area contributed by atoms with Crippen molar-refractivity contribution in [1.29, 1.82) is 0 Å². The molecule has 0 aromatic carbocycles. The predicted octanol–water partition coefficient (Wildman–Crippen LogP) is 1.15. The standard InChI is InChI=1S/C13H21N3O4/c1-5-19-11(17)10(12(18)20-6-2)7-13(3,4)16-9-14-8-15-16/h8-10H,5-7H2,1-4H3. The lowest BCUT2D eigenvalue weighted by Gasteiger charge is -2.27. The Morgan fingerprint density at radius 2 is 1.75 bits per heavy atom. The summed E-state index contributed by atoms with van der Waals surface area (Å²) in [4.78, 5) is 27.8. The summed E-state index contributed by atoms with van der Waals surface area (Å²) < 4.78 is 11.5. The number of ether oxygens (including phenoxy) is 2. The molecule has 20 heavy (non-hydrogen) atoms. The molecule has 0 amide bonds. The molecule has 0 fully saturated rings. The topological polar surface area (TPSA) is 83.3 Å². The third-order valence-electron chi connectivity index (χ3n) is 2.88. The highest BCUT2D eigenvalue weighted by Crippen LogP contribution is 2.25. The van der Waals surface area contributed by atoms with Crippen LogP contribution >= 0.6 is 0 Å². The lowest BCUT2D eigenvalue weighted by atomic mass is 9.90. The van der Waals surface area contributed by atoms with Crippen LogP contribution in [0.1, 0.15) is 34.1 Å². The molecule has 0 unspecified atom stereocenters. The van der Waals surface area contributed by atoms with Crippen LogP contribution in [0.25, 0.3) is 0 Å². The predicted molar refractivity (Wildman–Crippen MR) is 70.7 cm³/mol. The smallest absolute Gasteiger partial charge is 0.320 e. The maximum absolute atomic E-state index is 11.9. The Morgan fingerprint density at radius 1 is 1.20 bits per heavy atom. The number of hydrogen-bond acceptors (Lipinski definition) is 6. The van der Waals surface area contributed by atoms with Crippen molar-refractivity contribution in [3.05, 3.63) is 12.7 Å². The maximum atomic E-state index is 11.9. The molecule has 112 valence electrons. The molecule has 1 aromatic heterocycles. The molecule has 0 saturated heterocycles. The van der Waals surface area contributed by atoms with Crippen molar-refractivity contribution < 1.29 is 19.1 Å². The van der Waals surface area contributed by atoms with Crippen LogP contribution in [0.15, 0.2) is 12.7 Å². The zero-order valence-corrected chi connectivity index (χ0v) is 12.3. The van der Waals surface area contributed by atoms with E-state index in [9.17, 15) is 9.59 Å². The van der Waals surface area contributed by atoms with Crippen LogP contribution in [-0.2, 0) is 24.6 Å². The van der Waals surface area contributed by atoms with Crippen LogP contribution < -0.4 is 0 Å². The highest BCUT2D eigenvalue weighted by atomic mass is 16.6. The molecule has 0 radical (unpaired) electrons. The van der Waals surface area contributed by atoms with Gasteiger partial charge in [0.25, 0.3) is 0 Å². The molecule has 0 aliphatic heterocycles. The van der Waals surface area contributed by atoms with Gasteiger partial charge in [-0.15, -0.1) is 0 Å². The van der Waals surface area contributed by atoms with Crippen LogP contribution in [0.2, 0.25) is 0 Å². The van der Waals surface area contributed by atoms with E-state index in [0.29, 0.717) is 0 Å². The molecular weight excluding hydrogens is 262 g/mol. The minimum absolute atomic E-state index is 0.221. The Hall–Kier alpha value is -1.92. The molecule has 0 N–H and O–H groups in total. The van der Waals surface area contributed by atoms with Crippen molar-refractivity contribution in [2.45, 2.75) is 39.7 Å². The maximum Gasteiger partial charge on any atom is 0.320 e. The van der Waals surface area contributed by atoms with Crippen molar-refractivity contribution >= 4 is 11.9 Å². The van der Waals surface area contributed by atoms with Crippen LogP contribution in [0.3, 0.4) is 0 Å². The Balaban J connectivity index is 2.88.